The minimum Gasteiger partial charge on any atom is -0.305 e. The van der Waals surface area contributed by atoms with Crippen molar-refractivity contribution in [3.63, 3.8) is 0 Å². The van der Waals surface area contributed by atoms with E-state index in [2.05, 4.69) is 68.2 Å². The molecule has 0 saturated carbocycles. The summed E-state index contributed by atoms with van der Waals surface area (Å²) in [6.45, 7) is 12.7. The van der Waals surface area contributed by atoms with Crippen molar-refractivity contribution in [3.05, 3.63) is 35.9 Å². The van der Waals surface area contributed by atoms with Crippen LogP contribution in [-0.2, 0) is 5.54 Å². The number of nitrogens with zero attached hydrogens (tertiary/aromatic N) is 1. The maximum Gasteiger partial charge on any atom is 0.0535 e. The van der Waals surface area contributed by atoms with Crippen molar-refractivity contribution < 1.29 is 0 Å². The zero-order valence-corrected chi connectivity index (χ0v) is 12.8. The molecule has 0 aliphatic carbocycles. The number of benzene rings is 1. The van der Waals surface area contributed by atoms with Crippen LogP contribution in [0.5, 0.6) is 0 Å². The molecule has 1 saturated heterocycles. The molecule has 1 aromatic carbocycles. The minimum atomic E-state index is 0.0851. The summed E-state index contributed by atoms with van der Waals surface area (Å²) >= 11 is 0. The lowest BCUT2D eigenvalue weighted by Crippen LogP contribution is -2.59. The first-order chi connectivity index (χ1) is 9.07. The molecule has 1 fully saturated rings. The van der Waals surface area contributed by atoms with Crippen molar-refractivity contribution in [3.8, 4) is 0 Å². The van der Waals surface area contributed by atoms with Gasteiger partial charge in [0.15, 0.2) is 0 Å². The van der Waals surface area contributed by atoms with Crippen molar-refractivity contribution >= 4 is 0 Å². The fourth-order valence-electron chi connectivity index (χ4n) is 3.45. The standard InChI is InChI=1S/C17H28N2/c1-5-16(14(2)3)19-12-11-18-17(4,13-19)15-9-7-6-8-10-15/h6-10,14,16,18H,5,11-13H2,1-4H3. The van der Waals surface area contributed by atoms with Crippen LogP contribution < -0.4 is 5.32 Å². The van der Waals surface area contributed by atoms with Gasteiger partial charge in [-0.1, -0.05) is 51.1 Å². The third-order valence-corrected chi connectivity index (χ3v) is 4.50. The van der Waals surface area contributed by atoms with Gasteiger partial charge in [0.2, 0.25) is 0 Å². The van der Waals surface area contributed by atoms with E-state index >= 15 is 0 Å². The second kappa shape index (κ2) is 6.06. The zero-order valence-electron chi connectivity index (χ0n) is 12.8. The van der Waals surface area contributed by atoms with Gasteiger partial charge in [0.05, 0.1) is 5.54 Å². The molecule has 0 amide bonds. The number of hydrogen-bond donors (Lipinski definition) is 1. The molecule has 0 aromatic heterocycles. The lowest BCUT2D eigenvalue weighted by Gasteiger charge is -2.46. The van der Waals surface area contributed by atoms with Crippen LogP contribution in [-0.4, -0.2) is 30.6 Å². The van der Waals surface area contributed by atoms with Crippen LogP contribution in [0.2, 0.25) is 0 Å². The van der Waals surface area contributed by atoms with E-state index < -0.39 is 0 Å². The van der Waals surface area contributed by atoms with E-state index in [1.165, 1.54) is 18.5 Å². The Balaban J connectivity index is 2.16. The van der Waals surface area contributed by atoms with Crippen molar-refractivity contribution in [2.24, 2.45) is 5.92 Å². The van der Waals surface area contributed by atoms with Crippen LogP contribution in [0.4, 0.5) is 0 Å². The van der Waals surface area contributed by atoms with E-state index in [0.717, 1.165) is 19.0 Å². The van der Waals surface area contributed by atoms with E-state index in [0.29, 0.717) is 6.04 Å². The number of rotatable bonds is 4. The fraction of sp³-hybridized carbons (Fsp3) is 0.647. The van der Waals surface area contributed by atoms with Crippen LogP contribution in [0.3, 0.4) is 0 Å². The fourth-order valence-corrected chi connectivity index (χ4v) is 3.45. The summed E-state index contributed by atoms with van der Waals surface area (Å²) in [5.74, 6) is 0.725. The molecule has 1 aliphatic rings. The molecule has 2 nitrogen and oxygen atoms in total. The zero-order chi connectivity index (χ0) is 13.9. The normalized spacial score (nSPS) is 26.6. The Morgan fingerprint density at radius 2 is 1.95 bits per heavy atom. The summed E-state index contributed by atoms with van der Waals surface area (Å²) in [7, 11) is 0. The molecule has 2 unspecified atom stereocenters. The third kappa shape index (κ3) is 3.18. The summed E-state index contributed by atoms with van der Waals surface area (Å²) in [6, 6.07) is 11.6. The molecule has 0 bridgehead atoms. The quantitative estimate of drug-likeness (QED) is 0.894. The Bertz CT molecular complexity index is 388. The Kier molecular flexibility index (Phi) is 4.64. The lowest BCUT2D eigenvalue weighted by atomic mass is 9.87. The second-order valence-corrected chi connectivity index (χ2v) is 6.31. The summed E-state index contributed by atoms with van der Waals surface area (Å²) in [5.41, 5.74) is 1.49. The van der Waals surface area contributed by atoms with Crippen LogP contribution in [0, 0.1) is 5.92 Å². The Labute approximate surface area is 118 Å². The highest BCUT2D eigenvalue weighted by Gasteiger charge is 2.35. The molecule has 1 aliphatic heterocycles. The number of nitrogens with one attached hydrogen (secondary N) is 1. The SMILES string of the molecule is CCC(C(C)C)N1CCNC(C)(c2ccccc2)C1. The van der Waals surface area contributed by atoms with Gasteiger partial charge in [-0.25, -0.2) is 0 Å². The van der Waals surface area contributed by atoms with Gasteiger partial charge in [0.1, 0.15) is 0 Å². The average molecular weight is 260 g/mol. The molecule has 2 rings (SSSR count). The van der Waals surface area contributed by atoms with E-state index in [-0.39, 0.29) is 5.54 Å². The van der Waals surface area contributed by atoms with Crippen molar-refractivity contribution in [2.45, 2.75) is 45.7 Å². The van der Waals surface area contributed by atoms with Crippen LogP contribution in [0.25, 0.3) is 0 Å². The summed E-state index contributed by atoms with van der Waals surface area (Å²) in [4.78, 5) is 2.67. The first-order valence-corrected chi connectivity index (χ1v) is 7.61. The van der Waals surface area contributed by atoms with Gasteiger partial charge in [0.25, 0.3) is 0 Å². The number of piperazine rings is 1. The molecule has 19 heavy (non-hydrogen) atoms. The molecule has 0 radical (unpaired) electrons. The van der Waals surface area contributed by atoms with E-state index in [1.807, 2.05) is 0 Å². The predicted octanol–water partition coefficient (Wildman–Crippen LogP) is 3.24. The molecule has 2 heteroatoms. The van der Waals surface area contributed by atoms with E-state index in [4.69, 9.17) is 0 Å². The van der Waals surface area contributed by atoms with Crippen LogP contribution >= 0.6 is 0 Å². The maximum atomic E-state index is 3.72. The van der Waals surface area contributed by atoms with E-state index in [1.54, 1.807) is 0 Å². The molecular weight excluding hydrogens is 232 g/mol. The first kappa shape index (κ1) is 14.5. The van der Waals surface area contributed by atoms with Gasteiger partial charge in [-0.15, -0.1) is 0 Å². The smallest absolute Gasteiger partial charge is 0.0535 e. The predicted molar refractivity (Wildman–Crippen MR) is 82.3 cm³/mol. The molecule has 2 atom stereocenters. The molecule has 1 N–H and O–H groups in total. The third-order valence-electron chi connectivity index (χ3n) is 4.50. The topological polar surface area (TPSA) is 15.3 Å². The highest BCUT2D eigenvalue weighted by atomic mass is 15.2. The molecule has 1 heterocycles. The lowest BCUT2D eigenvalue weighted by molar-refractivity contribution is 0.0745. The summed E-state index contributed by atoms with van der Waals surface area (Å²) < 4.78 is 0. The minimum absolute atomic E-state index is 0.0851. The van der Waals surface area contributed by atoms with Crippen molar-refractivity contribution in [1.82, 2.24) is 10.2 Å². The van der Waals surface area contributed by atoms with Gasteiger partial charge < -0.3 is 5.32 Å². The molecular formula is C17H28N2. The Morgan fingerprint density at radius 3 is 2.53 bits per heavy atom. The monoisotopic (exact) mass is 260 g/mol. The van der Waals surface area contributed by atoms with Gasteiger partial charge in [-0.05, 0) is 24.8 Å². The number of hydrogen-bond acceptors (Lipinski definition) is 2. The van der Waals surface area contributed by atoms with Gasteiger partial charge in [-0.2, -0.15) is 0 Å². The summed E-state index contributed by atoms with van der Waals surface area (Å²) in [5, 5.41) is 3.72. The van der Waals surface area contributed by atoms with Gasteiger partial charge in [0, 0.05) is 25.7 Å². The molecule has 1 aromatic rings. The highest BCUT2D eigenvalue weighted by molar-refractivity contribution is 5.25. The Hall–Kier alpha value is -0.860. The van der Waals surface area contributed by atoms with Crippen LogP contribution in [0.1, 0.15) is 39.7 Å². The largest absolute Gasteiger partial charge is 0.305 e. The van der Waals surface area contributed by atoms with E-state index in [9.17, 15) is 0 Å². The second-order valence-electron chi connectivity index (χ2n) is 6.31. The highest BCUT2D eigenvalue weighted by Crippen LogP contribution is 2.27. The van der Waals surface area contributed by atoms with Crippen molar-refractivity contribution in [2.75, 3.05) is 19.6 Å². The first-order valence-electron chi connectivity index (χ1n) is 7.61. The molecule has 0 spiro atoms. The van der Waals surface area contributed by atoms with Crippen LogP contribution in [0.15, 0.2) is 30.3 Å². The molecule has 106 valence electrons. The van der Waals surface area contributed by atoms with Crippen molar-refractivity contribution in [1.29, 1.82) is 0 Å². The average Bonchev–Trinajstić information content (AvgIpc) is 2.40. The summed E-state index contributed by atoms with van der Waals surface area (Å²) in [6.07, 6.45) is 1.24. The maximum absolute atomic E-state index is 3.72. The van der Waals surface area contributed by atoms with Gasteiger partial charge >= 0.3 is 0 Å². The van der Waals surface area contributed by atoms with Gasteiger partial charge in [-0.3, -0.25) is 4.90 Å². The Morgan fingerprint density at radius 1 is 1.26 bits per heavy atom.